The maximum absolute atomic E-state index is 9.32. The van der Waals surface area contributed by atoms with Crippen LogP contribution in [-0.2, 0) is 6.42 Å². The molecular weight excluding hydrogens is 214 g/mol. The molecule has 0 radical (unpaired) electrons. The normalized spacial score (nSPS) is 12.5. The summed E-state index contributed by atoms with van der Waals surface area (Å²) in [5, 5.41) is 9.98. The third-order valence-electron chi connectivity index (χ3n) is 2.28. The fourth-order valence-electron chi connectivity index (χ4n) is 1.30. The van der Waals surface area contributed by atoms with E-state index >= 15 is 0 Å². The van der Waals surface area contributed by atoms with Crippen molar-refractivity contribution in [2.24, 2.45) is 5.73 Å². The molecule has 0 saturated carbocycles. The summed E-state index contributed by atoms with van der Waals surface area (Å²) in [7, 11) is 1.60. The van der Waals surface area contributed by atoms with Crippen LogP contribution in [0.4, 0.5) is 0 Å². The molecule has 0 aliphatic carbocycles. The number of ether oxygens (including phenoxy) is 1. The topological polar surface area (TPSA) is 55.5 Å². The molecule has 1 rings (SSSR count). The Bertz CT molecular complexity index is 317. The molecule has 1 aromatic carbocycles. The largest absolute Gasteiger partial charge is 0.497 e. The first-order valence-corrected chi connectivity index (χ1v) is 5.25. The molecule has 1 unspecified atom stereocenters. The van der Waals surface area contributed by atoms with Gasteiger partial charge in [0.2, 0.25) is 0 Å². The van der Waals surface area contributed by atoms with Gasteiger partial charge >= 0.3 is 0 Å². The Morgan fingerprint density at radius 1 is 1.53 bits per heavy atom. The summed E-state index contributed by atoms with van der Waals surface area (Å²) in [5.41, 5.74) is 6.32. The minimum Gasteiger partial charge on any atom is -0.497 e. The third-order valence-corrected chi connectivity index (χ3v) is 2.63. The molecule has 0 aliphatic heterocycles. The van der Waals surface area contributed by atoms with Crippen molar-refractivity contribution in [1.29, 1.82) is 0 Å². The summed E-state index contributed by atoms with van der Waals surface area (Å²) < 4.78 is 5.04. The van der Waals surface area contributed by atoms with Crippen molar-refractivity contribution in [3.8, 4) is 5.75 Å². The number of halogens is 1. The Morgan fingerprint density at radius 3 is 2.80 bits per heavy atom. The molecule has 0 aromatic heterocycles. The molecule has 1 atom stereocenters. The molecule has 0 amide bonds. The van der Waals surface area contributed by atoms with Crippen LogP contribution in [-0.4, -0.2) is 24.9 Å². The number of aliphatic hydroxyl groups is 1. The van der Waals surface area contributed by atoms with E-state index in [1.807, 2.05) is 12.1 Å². The highest BCUT2D eigenvalue weighted by Crippen LogP contribution is 2.23. The van der Waals surface area contributed by atoms with Gasteiger partial charge in [-0.15, -0.1) is 0 Å². The number of hydrogen-bond donors (Lipinski definition) is 2. The fraction of sp³-hybridized carbons (Fsp3) is 0.455. The minimum absolute atomic E-state index is 0.285. The van der Waals surface area contributed by atoms with Crippen molar-refractivity contribution in [3.63, 3.8) is 0 Å². The van der Waals surface area contributed by atoms with Crippen molar-refractivity contribution >= 4 is 11.6 Å². The van der Waals surface area contributed by atoms with Crippen LogP contribution >= 0.6 is 11.6 Å². The lowest BCUT2D eigenvalue weighted by molar-refractivity contribution is 0.173. The van der Waals surface area contributed by atoms with Gasteiger partial charge in [0.15, 0.2) is 0 Å². The Balaban J connectivity index is 2.62. The van der Waals surface area contributed by atoms with E-state index in [0.29, 0.717) is 11.4 Å². The molecule has 3 nitrogen and oxygen atoms in total. The van der Waals surface area contributed by atoms with Gasteiger partial charge in [0.05, 0.1) is 13.2 Å². The molecular formula is C11H16ClNO2. The molecule has 0 fully saturated rings. The van der Waals surface area contributed by atoms with Gasteiger partial charge < -0.3 is 15.6 Å². The zero-order valence-corrected chi connectivity index (χ0v) is 9.50. The van der Waals surface area contributed by atoms with E-state index < -0.39 is 6.10 Å². The molecule has 0 bridgehead atoms. The molecule has 84 valence electrons. The van der Waals surface area contributed by atoms with Gasteiger partial charge in [0, 0.05) is 11.6 Å². The highest BCUT2D eigenvalue weighted by Gasteiger charge is 2.05. The predicted octanol–water partition coefficient (Wildman–Crippen LogP) is 1.60. The van der Waals surface area contributed by atoms with Crippen molar-refractivity contribution in [2.45, 2.75) is 18.9 Å². The molecule has 4 heteroatoms. The van der Waals surface area contributed by atoms with E-state index in [4.69, 9.17) is 22.1 Å². The Hall–Kier alpha value is -0.770. The van der Waals surface area contributed by atoms with Crippen LogP contribution in [0.2, 0.25) is 5.02 Å². The third kappa shape index (κ3) is 3.70. The van der Waals surface area contributed by atoms with E-state index in [2.05, 4.69) is 0 Å². The van der Waals surface area contributed by atoms with Crippen LogP contribution in [0.1, 0.15) is 12.0 Å². The summed E-state index contributed by atoms with van der Waals surface area (Å²) in [5.74, 6) is 0.739. The van der Waals surface area contributed by atoms with Crippen molar-refractivity contribution < 1.29 is 9.84 Å². The Labute approximate surface area is 94.8 Å². The zero-order valence-electron chi connectivity index (χ0n) is 8.74. The van der Waals surface area contributed by atoms with Gasteiger partial charge in [-0.25, -0.2) is 0 Å². The van der Waals surface area contributed by atoms with Gasteiger partial charge in [-0.2, -0.15) is 0 Å². The summed E-state index contributed by atoms with van der Waals surface area (Å²) in [6.45, 7) is 0.285. The van der Waals surface area contributed by atoms with Crippen molar-refractivity contribution in [1.82, 2.24) is 0 Å². The number of rotatable bonds is 5. The second-order valence-corrected chi connectivity index (χ2v) is 3.79. The first-order valence-electron chi connectivity index (χ1n) is 4.88. The van der Waals surface area contributed by atoms with E-state index in [-0.39, 0.29) is 6.54 Å². The summed E-state index contributed by atoms with van der Waals surface area (Å²) in [6.07, 6.45) is 0.896. The average molecular weight is 230 g/mol. The summed E-state index contributed by atoms with van der Waals surface area (Å²) in [4.78, 5) is 0. The number of aryl methyl sites for hydroxylation is 1. The van der Waals surface area contributed by atoms with E-state index in [0.717, 1.165) is 17.7 Å². The lowest BCUT2D eigenvalue weighted by Gasteiger charge is -2.09. The van der Waals surface area contributed by atoms with E-state index in [1.54, 1.807) is 13.2 Å². The monoisotopic (exact) mass is 229 g/mol. The number of aliphatic hydroxyl groups excluding tert-OH is 1. The number of benzene rings is 1. The van der Waals surface area contributed by atoms with Crippen LogP contribution in [0, 0.1) is 0 Å². The first kappa shape index (κ1) is 12.3. The van der Waals surface area contributed by atoms with Crippen LogP contribution in [0.5, 0.6) is 5.75 Å². The van der Waals surface area contributed by atoms with Crippen LogP contribution < -0.4 is 10.5 Å². The van der Waals surface area contributed by atoms with Crippen LogP contribution in [0.3, 0.4) is 0 Å². The lowest BCUT2D eigenvalue weighted by atomic mass is 10.1. The lowest BCUT2D eigenvalue weighted by Crippen LogP contribution is -2.20. The standard InChI is InChI=1S/C11H16ClNO2/c1-15-10-5-3-8(11(12)6-10)2-4-9(14)7-13/h3,5-6,9,14H,2,4,7,13H2,1H3. The number of hydrogen-bond acceptors (Lipinski definition) is 3. The van der Waals surface area contributed by atoms with Gasteiger partial charge in [0.1, 0.15) is 5.75 Å². The average Bonchev–Trinajstić information content (AvgIpc) is 2.26. The fourth-order valence-corrected chi connectivity index (χ4v) is 1.56. The smallest absolute Gasteiger partial charge is 0.120 e. The molecule has 0 aliphatic rings. The minimum atomic E-state index is -0.455. The summed E-state index contributed by atoms with van der Waals surface area (Å²) in [6, 6.07) is 5.53. The predicted molar refractivity (Wildman–Crippen MR) is 61.4 cm³/mol. The highest BCUT2D eigenvalue weighted by molar-refractivity contribution is 6.31. The molecule has 15 heavy (non-hydrogen) atoms. The Morgan fingerprint density at radius 2 is 2.27 bits per heavy atom. The van der Waals surface area contributed by atoms with Crippen LogP contribution in [0.25, 0.3) is 0 Å². The second kappa shape index (κ2) is 5.95. The van der Waals surface area contributed by atoms with E-state index in [9.17, 15) is 5.11 Å². The van der Waals surface area contributed by atoms with Gasteiger partial charge in [-0.1, -0.05) is 17.7 Å². The highest BCUT2D eigenvalue weighted by atomic mass is 35.5. The molecule has 0 heterocycles. The second-order valence-electron chi connectivity index (χ2n) is 3.39. The number of nitrogens with two attached hydrogens (primary N) is 1. The maximum Gasteiger partial charge on any atom is 0.120 e. The van der Waals surface area contributed by atoms with Crippen LogP contribution in [0.15, 0.2) is 18.2 Å². The van der Waals surface area contributed by atoms with Gasteiger partial charge in [-0.3, -0.25) is 0 Å². The molecule has 0 spiro atoms. The Kier molecular flexibility index (Phi) is 4.88. The molecule has 0 saturated heterocycles. The summed E-state index contributed by atoms with van der Waals surface area (Å²) >= 11 is 6.04. The molecule has 1 aromatic rings. The van der Waals surface area contributed by atoms with Crippen molar-refractivity contribution in [2.75, 3.05) is 13.7 Å². The van der Waals surface area contributed by atoms with E-state index in [1.165, 1.54) is 0 Å². The number of methoxy groups -OCH3 is 1. The van der Waals surface area contributed by atoms with Gasteiger partial charge in [-0.05, 0) is 30.5 Å². The molecule has 3 N–H and O–H groups in total. The maximum atomic E-state index is 9.32. The SMILES string of the molecule is COc1ccc(CCC(O)CN)c(Cl)c1. The first-order chi connectivity index (χ1) is 7.17. The quantitative estimate of drug-likeness (QED) is 0.807. The zero-order chi connectivity index (χ0) is 11.3. The van der Waals surface area contributed by atoms with Crippen molar-refractivity contribution in [3.05, 3.63) is 28.8 Å². The van der Waals surface area contributed by atoms with Gasteiger partial charge in [0.25, 0.3) is 0 Å².